The fraction of sp³-hybridized carbons (Fsp3) is 0.579. The van der Waals surface area contributed by atoms with Crippen LogP contribution in [0.25, 0.3) is 0 Å². The van der Waals surface area contributed by atoms with Crippen molar-refractivity contribution in [3.63, 3.8) is 0 Å². The van der Waals surface area contributed by atoms with Crippen LogP contribution in [0, 0.1) is 0 Å². The van der Waals surface area contributed by atoms with Gasteiger partial charge in [0.05, 0.1) is 12.2 Å². The predicted molar refractivity (Wildman–Crippen MR) is 92.1 cm³/mol. The lowest BCUT2D eigenvalue weighted by molar-refractivity contribution is -0.00817. The molecule has 0 heterocycles. The molecule has 0 N–H and O–H groups in total. The monoisotopic (exact) mass is 336 g/mol. The Balaban J connectivity index is 2.55. The van der Waals surface area contributed by atoms with Gasteiger partial charge in [0.1, 0.15) is 12.7 Å². The van der Waals surface area contributed by atoms with Crippen molar-refractivity contribution < 1.29 is 23.8 Å². The third-order valence-electron chi connectivity index (χ3n) is 3.54. The second kappa shape index (κ2) is 11.5. The molecule has 0 saturated carbocycles. The number of hydrogen-bond acceptors (Lipinski definition) is 5. The first-order valence-corrected chi connectivity index (χ1v) is 8.70. The summed E-state index contributed by atoms with van der Waals surface area (Å²) in [5.41, 5.74) is 1.72. The van der Waals surface area contributed by atoms with Gasteiger partial charge in [-0.15, -0.1) is 0 Å². The molecule has 134 valence electrons. The SMILES string of the molecule is CCCCc1ccc(C(=O)OC(CCC)COC(=O)OCC)cc1. The van der Waals surface area contributed by atoms with Crippen molar-refractivity contribution in [2.45, 2.75) is 59.0 Å². The molecule has 0 spiro atoms. The van der Waals surface area contributed by atoms with Crippen LogP contribution in [0.1, 0.15) is 62.4 Å². The average Bonchev–Trinajstić information content (AvgIpc) is 2.58. The van der Waals surface area contributed by atoms with Crippen LogP contribution >= 0.6 is 0 Å². The van der Waals surface area contributed by atoms with Crippen LogP contribution in [0.4, 0.5) is 4.79 Å². The number of ether oxygens (including phenoxy) is 3. The topological polar surface area (TPSA) is 61.8 Å². The Morgan fingerprint density at radius 3 is 2.29 bits per heavy atom. The number of hydrogen-bond donors (Lipinski definition) is 0. The average molecular weight is 336 g/mol. The van der Waals surface area contributed by atoms with Gasteiger partial charge in [0, 0.05) is 0 Å². The van der Waals surface area contributed by atoms with Crippen molar-refractivity contribution >= 4 is 12.1 Å². The molecule has 1 rings (SSSR count). The van der Waals surface area contributed by atoms with Crippen molar-refractivity contribution in [3.8, 4) is 0 Å². The largest absolute Gasteiger partial charge is 0.508 e. The molecule has 0 amide bonds. The van der Waals surface area contributed by atoms with Crippen molar-refractivity contribution in [2.75, 3.05) is 13.2 Å². The number of aryl methyl sites for hydroxylation is 1. The summed E-state index contributed by atoms with van der Waals surface area (Å²) in [6, 6.07) is 7.47. The quantitative estimate of drug-likeness (QED) is 0.588. The molecule has 0 fully saturated rings. The molecule has 0 bridgehead atoms. The molecule has 0 aromatic heterocycles. The van der Waals surface area contributed by atoms with E-state index in [0.717, 1.165) is 25.7 Å². The summed E-state index contributed by atoms with van der Waals surface area (Å²) >= 11 is 0. The third-order valence-corrected chi connectivity index (χ3v) is 3.54. The highest BCUT2D eigenvalue weighted by atomic mass is 16.7. The highest BCUT2D eigenvalue weighted by molar-refractivity contribution is 5.89. The summed E-state index contributed by atoms with van der Waals surface area (Å²) in [4.78, 5) is 23.5. The fourth-order valence-electron chi connectivity index (χ4n) is 2.23. The first kappa shape index (κ1) is 20.0. The van der Waals surface area contributed by atoms with Gasteiger partial charge < -0.3 is 14.2 Å². The van der Waals surface area contributed by atoms with Gasteiger partial charge >= 0.3 is 12.1 Å². The molecule has 1 atom stereocenters. The Kier molecular flexibility index (Phi) is 9.58. The number of benzene rings is 1. The van der Waals surface area contributed by atoms with Crippen LogP contribution in [0.3, 0.4) is 0 Å². The molecule has 1 unspecified atom stereocenters. The zero-order valence-corrected chi connectivity index (χ0v) is 14.9. The van der Waals surface area contributed by atoms with Crippen molar-refractivity contribution in [1.29, 1.82) is 0 Å². The second-order valence-electron chi connectivity index (χ2n) is 5.61. The van der Waals surface area contributed by atoms with E-state index in [1.165, 1.54) is 5.56 Å². The number of esters is 1. The third kappa shape index (κ3) is 7.49. The Morgan fingerprint density at radius 1 is 1.00 bits per heavy atom. The van der Waals surface area contributed by atoms with Gasteiger partial charge in [-0.25, -0.2) is 9.59 Å². The van der Waals surface area contributed by atoms with E-state index in [1.807, 2.05) is 19.1 Å². The fourth-order valence-corrected chi connectivity index (χ4v) is 2.23. The summed E-state index contributed by atoms with van der Waals surface area (Å²) in [5, 5.41) is 0. The molecule has 1 aromatic carbocycles. The summed E-state index contributed by atoms with van der Waals surface area (Å²) in [6.07, 6.45) is 3.52. The maximum absolute atomic E-state index is 12.2. The van der Waals surface area contributed by atoms with E-state index in [1.54, 1.807) is 19.1 Å². The van der Waals surface area contributed by atoms with Crippen molar-refractivity contribution in [1.82, 2.24) is 0 Å². The number of carbonyl (C=O) groups excluding carboxylic acids is 2. The molecule has 1 aromatic rings. The van der Waals surface area contributed by atoms with Crippen LogP contribution in [0.5, 0.6) is 0 Å². The molecule has 24 heavy (non-hydrogen) atoms. The Morgan fingerprint density at radius 2 is 1.71 bits per heavy atom. The lowest BCUT2D eigenvalue weighted by Gasteiger charge is -2.17. The first-order valence-electron chi connectivity index (χ1n) is 8.70. The molecule has 0 radical (unpaired) electrons. The van der Waals surface area contributed by atoms with E-state index in [0.29, 0.717) is 12.0 Å². The van der Waals surface area contributed by atoms with Crippen LogP contribution < -0.4 is 0 Å². The van der Waals surface area contributed by atoms with Crippen LogP contribution in [0.2, 0.25) is 0 Å². The van der Waals surface area contributed by atoms with E-state index >= 15 is 0 Å². The minimum absolute atomic E-state index is 0.00694. The van der Waals surface area contributed by atoms with E-state index in [4.69, 9.17) is 14.2 Å². The normalized spacial score (nSPS) is 11.6. The lowest BCUT2D eigenvalue weighted by Crippen LogP contribution is -2.25. The van der Waals surface area contributed by atoms with Crippen molar-refractivity contribution in [3.05, 3.63) is 35.4 Å². The molecule has 5 nitrogen and oxygen atoms in total. The predicted octanol–water partition coefficient (Wildman–Crippen LogP) is 4.53. The molecule has 5 heteroatoms. The Labute approximate surface area is 144 Å². The zero-order valence-electron chi connectivity index (χ0n) is 14.9. The number of unbranched alkanes of at least 4 members (excludes halogenated alkanes) is 1. The maximum atomic E-state index is 12.2. The van der Waals surface area contributed by atoms with Gasteiger partial charge in [0.15, 0.2) is 0 Å². The van der Waals surface area contributed by atoms with Crippen LogP contribution in [-0.2, 0) is 20.6 Å². The Hall–Kier alpha value is -2.04. The summed E-state index contributed by atoms with van der Waals surface area (Å²) < 4.78 is 15.1. The van der Waals surface area contributed by atoms with Gasteiger partial charge in [-0.3, -0.25) is 0 Å². The molecular formula is C19H28O5. The van der Waals surface area contributed by atoms with Gasteiger partial charge in [-0.2, -0.15) is 0 Å². The summed E-state index contributed by atoms with van der Waals surface area (Å²) in [5.74, 6) is -0.400. The maximum Gasteiger partial charge on any atom is 0.508 e. The smallest absolute Gasteiger partial charge is 0.455 e. The van der Waals surface area contributed by atoms with Crippen molar-refractivity contribution in [2.24, 2.45) is 0 Å². The van der Waals surface area contributed by atoms with E-state index in [2.05, 4.69) is 6.92 Å². The summed E-state index contributed by atoms with van der Waals surface area (Å²) in [7, 11) is 0. The van der Waals surface area contributed by atoms with E-state index in [-0.39, 0.29) is 13.2 Å². The molecule has 0 aliphatic carbocycles. The van der Waals surface area contributed by atoms with Crippen LogP contribution in [0.15, 0.2) is 24.3 Å². The van der Waals surface area contributed by atoms with Gasteiger partial charge in [0.2, 0.25) is 0 Å². The molecule has 0 saturated heterocycles. The van der Waals surface area contributed by atoms with Gasteiger partial charge in [0.25, 0.3) is 0 Å². The molecule has 0 aliphatic rings. The standard InChI is InChI=1S/C19H28O5/c1-4-7-9-15-10-12-16(13-11-15)18(20)24-17(8-5-2)14-23-19(21)22-6-3/h10-13,17H,4-9,14H2,1-3H3. The number of carbonyl (C=O) groups is 2. The van der Waals surface area contributed by atoms with Gasteiger partial charge in [-0.1, -0.05) is 38.8 Å². The highest BCUT2D eigenvalue weighted by Crippen LogP contribution is 2.12. The van der Waals surface area contributed by atoms with Gasteiger partial charge in [-0.05, 0) is 43.9 Å². The van der Waals surface area contributed by atoms with Crippen LogP contribution in [-0.4, -0.2) is 31.4 Å². The molecular weight excluding hydrogens is 308 g/mol. The highest BCUT2D eigenvalue weighted by Gasteiger charge is 2.18. The minimum atomic E-state index is -0.741. The second-order valence-corrected chi connectivity index (χ2v) is 5.61. The first-order chi connectivity index (χ1) is 11.6. The molecule has 0 aliphatic heterocycles. The Bertz CT molecular complexity index is 495. The zero-order chi connectivity index (χ0) is 17.8. The van der Waals surface area contributed by atoms with E-state index < -0.39 is 18.2 Å². The lowest BCUT2D eigenvalue weighted by atomic mass is 10.1. The minimum Gasteiger partial charge on any atom is -0.455 e. The van der Waals surface area contributed by atoms with E-state index in [9.17, 15) is 9.59 Å². The summed E-state index contributed by atoms with van der Waals surface area (Å²) in [6.45, 7) is 6.09. The number of rotatable bonds is 10.